The number of methoxy groups -OCH3 is 3. The van der Waals surface area contributed by atoms with E-state index >= 15 is 0 Å². The molecule has 0 aliphatic rings. The molecular formula is C19H17N3O3. The number of para-hydroxylation sites is 1. The molecule has 1 aromatic heterocycles. The predicted molar refractivity (Wildman–Crippen MR) is 95.7 cm³/mol. The van der Waals surface area contributed by atoms with Crippen LogP contribution >= 0.6 is 0 Å². The van der Waals surface area contributed by atoms with E-state index < -0.39 is 0 Å². The third-order valence-corrected chi connectivity index (χ3v) is 3.80. The number of benzene rings is 2. The number of imidazole rings is 1. The van der Waals surface area contributed by atoms with Crippen LogP contribution in [-0.2, 0) is 0 Å². The first kappa shape index (κ1) is 16.4. The van der Waals surface area contributed by atoms with E-state index in [2.05, 4.69) is 16.0 Å². The first-order valence-electron chi connectivity index (χ1n) is 7.57. The SMILES string of the molecule is COc1ccc2nc(/C(C#N)=C\c3cccc(OC)c3OC)[nH]c2c1. The zero-order valence-electron chi connectivity index (χ0n) is 14.2. The third kappa shape index (κ3) is 3.12. The van der Waals surface area contributed by atoms with E-state index in [1.54, 1.807) is 33.5 Å². The molecule has 6 nitrogen and oxygen atoms in total. The van der Waals surface area contributed by atoms with Crippen molar-refractivity contribution in [1.29, 1.82) is 5.26 Å². The van der Waals surface area contributed by atoms with Gasteiger partial charge in [0.1, 0.15) is 17.6 Å². The van der Waals surface area contributed by atoms with E-state index in [0.717, 1.165) is 22.3 Å². The normalized spacial score (nSPS) is 11.2. The summed E-state index contributed by atoms with van der Waals surface area (Å²) in [7, 11) is 4.74. The van der Waals surface area contributed by atoms with Gasteiger partial charge in [0.2, 0.25) is 0 Å². The van der Waals surface area contributed by atoms with Crippen molar-refractivity contribution in [3.63, 3.8) is 0 Å². The van der Waals surface area contributed by atoms with E-state index in [1.165, 1.54) is 0 Å². The van der Waals surface area contributed by atoms with Crippen LogP contribution < -0.4 is 14.2 Å². The molecule has 3 rings (SSSR count). The number of rotatable bonds is 5. The van der Waals surface area contributed by atoms with Gasteiger partial charge in [0.25, 0.3) is 0 Å². The highest BCUT2D eigenvalue weighted by molar-refractivity contribution is 5.91. The van der Waals surface area contributed by atoms with Crippen LogP contribution in [0.25, 0.3) is 22.7 Å². The second kappa shape index (κ2) is 6.97. The Hall–Kier alpha value is -3.46. The van der Waals surface area contributed by atoms with Crippen LogP contribution in [0.15, 0.2) is 36.4 Å². The number of hydrogen-bond donors (Lipinski definition) is 1. The fourth-order valence-corrected chi connectivity index (χ4v) is 2.58. The average Bonchev–Trinajstić information content (AvgIpc) is 3.08. The van der Waals surface area contributed by atoms with E-state index in [9.17, 15) is 5.26 Å². The van der Waals surface area contributed by atoms with E-state index in [4.69, 9.17) is 14.2 Å². The fourth-order valence-electron chi connectivity index (χ4n) is 2.58. The lowest BCUT2D eigenvalue weighted by molar-refractivity contribution is 0.354. The Morgan fingerprint density at radius 1 is 1.12 bits per heavy atom. The maximum atomic E-state index is 9.58. The molecule has 0 atom stereocenters. The Balaban J connectivity index is 2.09. The number of fused-ring (bicyclic) bond motifs is 1. The molecule has 0 bridgehead atoms. The van der Waals surface area contributed by atoms with Gasteiger partial charge in [0, 0.05) is 11.6 Å². The summed E-state index contributed by atoms with van der Waals surface area (Å²) >= 11 is 0. The summed E-state index contributed by atoms with van der Waals surface area (Å²) in [6.45, 7) is 0. The van der Waals surface area contributed by atoms with Crippen molar-refractivity contribution in [1.82, 2.24) is 9.97 Å². The minimum atomic E-state index is 0.390. The quantitative estimate of drug-likeness (QED) is 0.720. The molecule has 25 heavy (non-hydrogen) atoms. The molecule has 0 aliphatic carbocycles. The Kier molecular flexibility index (Phi) is 4.57. The van der Waals surface area contributed by atoms with Crippen molar-refractivity contribution < 1.29 is 14.2 Å². The number of nitriles is 1. The largest absolute Gasteiger partial charge is 0.497 e. The van der Waals surface area contributed by atoms with Gasteiger partial charge in [-0.15, -0.1) is 0 Å². The number of aromatic amines is 1. The highest BCUT2D eigenvalue weighted by atomic mass is 16.5. The number of nitrogens with one attached hydrogen (secondary N) is 1. The Labute approximate surface area is 145 Å². The molecule has 0 spiro atoms. The lowest BCUT2D eigenvalue weighted by atomic mass is 10.1. The number of allylic oxidation sites excluding steroid dienone is 1. The summed E-state index contributed by atoms with van der Waals surface area (Å²) in [5, 5.41) is 9.58. The van der Waals surface area contributed by atoms with E-state index in [0.29, 0.717) is 22.9 Å². The molecule has 0 radical (unpaired) electrons. The predicted octanol–water partition coefficient (Wildman–Crippen LogP) is 3.65. The van der Waals surface area contributed by atoms with Crippen LogP contribution in [0.1, 0.15) is 11.4 Å². The molecule has 1 heterocycles. The van der Waals surface area contributed by atoms with Gasteiger partial charge in [-0.1, -0.05) is 12.1 Å². The smallest absolute Gasteiger partial charge is 0.167 e. The number of hydrogen-bond acceptors (Lipinski definition) is 5. The average molecular weight is 335 g/mol. The molecule has 6 heteroatoms. The Morgan fingerprint density at radius 3 is 2.64 bits per heavy atom. The minimum Gasteiger partial charge on any atom is -0.497 e. The zero-order valence-corrected chi connectivity index (χ0v) is 14.2. The summed E-state index contributed by atoms with van der Waals surface area (Å²) in [5.41, 5.74) is 2.68. The monoisotopic (exact) mass is 335 g/mol. The molecule has 0 saturated carbocycles. The van der Waals surface area contributed by atoms with Gasteiger partial charge >= 0.3 is 0 Å². The van der Waals surface area contributed by atoms with E-state index in [1.807, 2.05) is 30.3 Å². The summed E-state index contributed by atoms with van der Waals surface area (Å²) in [4.78, 5) is 7.63. The summed E-state index contributed by atoms with van der Waals surface area (Å²) < 4.78 is 15.9. The molecular weight excluding hydrogens is 318 g/mol. The lowest BCUT2D eigenvalue weighted by Gasteiger charge is -2.10. The molecule has 1 N–H and O–H groups in total. The highest BCUT2D eigenvalue weighted by Gasteiger charge is 2.12. The van der Waals surface area contributed by atoms with Crippen molar-refractivity contribution in [2.45, 2.75) is 0 Å². The van der Waals surface area contributed by atoms with Crippen molar-refractivity contribution in [2.24, 2.45) is 0 Å². The maximum absolute atomic E-state index is 9.58. The third-order valence-electron chi connectivity index (χ3n) is 3.80. The van der Waals surface area contributed by atoms with Gasteiger partial charge in [-0.2, -0.15) is 5.26 Å². The molecule has 0 aliphatic heterocycles. The van der Waals surface area contributed by atoms with Gasteiger partial charge < -0.3 is 19.2 Å². The molecule has 2 aromatic carbocycles. The first-order chi connectivity index (χ1) is 12.2. The first-order valence-corrected chi connectivity index (χ1v) is 7.57. The molecule has 0 saturated heterocycles. The molecule has 0 fully saturated rings. The summed E-state index contributed by atoms with van der Waals surface area (Å²) in [5.74, 6) is 2.37. The van der Waals surface area contributed by atoms with Crippen LogP contribution in [0.5, 0.6) is 17.2 Å². The molecule has 3 aromatic rings. The summed E-state index contributed by atoms with van der Waals surface area (Å²) in [6, 6.07) is 13.2. The van der Waals surface area contributed by atoms with Gasteiger partial charge in [-0.25, -0.2) is 4.98 Å². The van der Waals surface area contributed by atoms with Crippen LogP contribution in [0.2, 0.25) is 0 Å². The van der Waals surface area contributed by atoms with Gasteiger partial charge in [0.05, 0.1) is 37.9 Å². The number of ether oxygens (including phenoxy) is 3. The second-order valence-electron chi connectivity index (χ2n) is 5.22. The summed E-state index contributed by atoms with van der Waals surface area (Å²) in [6.07, 6.45) is 1.72. The second-order valence-corrected chi connectivity index (χ2v) is 5.22. The zero-order chi connectivity index (χ0) is 17.8. The van der Waals surface area contributed by atoms with Gasteiger partial charge in [-0.05, 0) is 24.3 Å². The Morgan fingerprint density at radius 2 is 1.96 bits per heavy atom. The van der Waals surface area contributed by atoms with Crippen molar-refractivity contribution in [3.8, 4) is 23.3 Å². The highest BCUT2D eigenvalue weighted by Crippen LogP contribution is 2.33. The van der Waals surface area contributed by atoms with Gasteiger partial charge in [0.15, 0.2) is 11.5 Å². The van der Waals surface area contributed by atoms with Crippen molar-refractivity contribution in [3.05, 3.63) is 47.8 Å². The number of H-pyrrole nitrogens is 1. The number of nitrogens with zero attached hydrogens (tertiary/aromatic N) is 2. The fraction of sp³-hybridized carbons (Fsp3) is 0.158. The van der Waals surface area contributed by atoms with Crippen LogP contribution in [0.3, 0.4) is 0 Å². The maximum Gasteiger partial charge on any atom is 0.167 e. The standard InChI is InChI=1S/C19H17N3O3/c1-23-14-7-8-15-16(10-14)22-19(21-15)13(11-20)9-12-5-4-6-17(24-2)18(12)25-3/h4-10H,1-3H3,(H,21,22)/b13-9-. The minimum absolute atomic E-state index is 0.390. The lowest BCUT2D eigenvalue weighted by Crippen LogP contribution is -1.93. The number of aromatic nitrogens is 2. The molecule has 0 unspecified atom stereocenters. The van der Waals surface area contributed by atoms with Gasteiger partial charge in [-0.3, -0.25) is 0 Å². The topological polar surface area (TPSA) is 80.2 Å². The van der Waals surface area contributed by atoms with Crippen LogP contribution in [0.4, 0.5) is 0 Å². The van der Waals surface area contributed by atoms with Crippen molar-refractivity contribution in [2.75, 3.05) is 21.3 Å². The van der Waals surface area contributed by atoms with Crippen LogP contribution in [-0.4, -0.2) is 31.3 Å². The molecule has 0 amide bonds. The van der Waals surface area contributed by atoms with Crippen LogP contribution in [0, 0.1) is 11.3 Å². The van der Waals surface area contributed by atoms with Crippen molar-refractivity contribution >= 4 is 22.7 Å². The van der Waals surface area contributed by atoms with E-state index in [-0.39, 0.29) is 0 Å². The Bertz CT molecular complexity index is 983. The molecule has 126 valence electrons.